The molecule has 0 aromatic heterocycles. The van der Waals surface area contributed by atoms with E-state index in [4.69, 9.17) is 14.7 Å². The first-order chi connectivity index (χ1) is 7.77. The Morgan fingerprint density at radius 1 is 1.25 bits per heavy atom. The van der Waals surface area contributed by atoms with Crippen molar-refractivity contribution < 1.29 is 9.47 Å². The van der Waals surface area contributed by atoms with Crippen molar-refractivity contribution in [3.63, 3.8) is 0 Å². The van der Waals surface area contributed by atoms with Crippen molar-refractivity contribution in [1.82, 2.24) is 0 Å². The Labute approximate surface area is 96.6 Å². The summed E-state index contributed by atoms with van der Waals surface area (Å²) in [6.07, 6.45) is 1.01. The topological polar surface area (TPSA) is 42.2 Å². The zero-order valence-electron chi connectivity index (χ0n) is 9.82. The third kappa shape index (κ3) is 3.92. The van der Waals surface area contributed by atoms with Crippen LogP contribution in [0, 0.1) is 18.3 Å². The van der Waals surface area contributed by atoms with Crippen LogP contribution in [0.4, 0.5) is 0 Å². The second kappa shape index (κ2) is 6.86. The van der Waals surface area contributed by atoms with Gasteiger partial charge in [-0.3, -0.25) is 0 Å². The average Bonchev–Trinajstić information content (AvgIpc) is 2.30. The Kier molecular flexibility index (Phi) is 5.38. The fourth-order valence-corrected chi connectivity index (χ4v) is 1.31. The van der Waals surface area contributed by atoms with E-state index in [2.05, 4.69) is 13.0 Å². The maximum atomic E-state index is 8.92. The standard InChI is InChI=1S/C13H17NO2/c1-3-6-15-7-8-16-13-5-4-11(2)9-12(13)10-14/h4-5,9H,3,6-8H2,1-2H3. The van der Waals surface area contributed by atoms with E-state index in [0.29, 0.717) is 24.5 Å². The van der Waals surface area contributed by atoms with Crippen LogP contribution in [0.1, 0.15) is 24.5 Å². The van der Waals surface area contributed by atoms with Gasteiger partial charge in [0.15, 0.2) is 0 Å². The van der Waals surface area contributed by atoms with E-state index in [0.717, 1.165) is 18.6 Å². The van der Waals surface area contributed by atoms with Gasteiger partial charge >= 0.3 is 0 Å². The summed E-state index contributed by atoms with van der Waals surface area (Å²) in [7, 11) is 0. The second-order valence-electron chi connectivity index (χ2n) is 3.57. The van der Waals surface area contributed by atoms with E-state index in [-0.39, 0.29) is 0 Å². The highest BCUT2D eigenvalue weighted by atomic mass is 16.5. The van der Waals surface area contributed by atoms with Crippen LogP contribution >= 0.6 is 0 Å². The molecular formula is C13H17NO2. The van der Waals surface area contributed by atoms with Crippen molar-refractivity contribution in [3.05, 3.63) is 29.3 Å². The van der Waals surface area contributed by atoms with Gasteiger partial charge in [-0.2, -0.15) is 5.26 Å². The molecule has 3 nitrogen and oxygen atoms in total. The highest BCUT2D eigenvalue weighted by molar-refractivity contribution is 5.45. The Hall–Kier alpha value is -1.53. The lowest BCUT2D eigenvalue weighted by Crippen LogP contribution is -2.07. The second-order valence-corrected chi connectivity index (χ2v) is 3.57. The van der Waals surface area contributed by atoms with Crippen LogP contribution in [0.5, 0.6) is 5.75 Å². The normalized spacial score (nSPS) is 9.81. The van der Waals surface area contributed by atoms with Gasteiger partial charge in [0, 0.05) is 6.61 Å². The molecule has 0 unspecified atom stereocenters. The Balaban J connectivity index is 2.45. The highest BCUT2D eigenvalue weighted by Gasteiger charge is 2.02. The van der Waals surface area contributed by atoms with Gasteiger partial charge in [-0.05, 0) is 31.0 Å². The van der Waals surface area contributed by atoms with Gasteiger partial charge in [0.05, 0.1) is 12.2 Å². The predicted octanol–water partition coefficient (Wildman–Crippen LogP) is 2.67. The zero-order valence-corrected chi connectivity index (χ0v) is 9.82. The number of ether oxygens (including phenoxy) is 2. The number of aryl methyl sites for hydroxylation is 1. The van der Waals surface area contributed by atoms with Crippen molar-refractivity contribution in [1.29, 1.82) is 5.26 Å². The number of rotatable bonds is 6. The van der Waals surface area contributed by atoms with Crippen LogP contribution in [0.15, 0.2) is 18.2 Å². The van der Waals surface area contributed by atoms with Gasteiger partial charge in [0.2, 0.25) is 0 Å². The average molecular weight is 219 g/mol. The summed E-state index contributed by atoms with van der Waals surface area (Å²) in [5.41, 5.74) is 1.64. The summed E-state index contributed by atoms with van der Waals surface area (Å²) >= 11 is 0. The van der Waals surface area contributed by atoms with Gasteiger partial charge in [0.25, 0.3) is 0 Å². The molecule has 86 valence electrons. The lowest BCUT2D eigenvalue weighted by atomic mass is 10.1. The first-order valence-corrected chi connectivity index (χ1v) is 5.49. The molecular weight excluding hydrogens is 202 g/mol. The maximum absolute atomic E-state index is 8.92. The number of nitrogens with zero attached hydrogens (tertiary/aromatic N) is 1. The molecule has 0 fully saturated rings. The molecule has 0 atom stereocenters. The van der Waals surface area contributed by atoms with E-state index >= 15 is 0 Å². The lowest BCUT2D eigenvalue weighted by Gasteiger charge is -2.08. The fraction of sp³-hybridized carbons (Fsp3) is 0.462. The van der Waals surface area contributed by atoms with E-state index in [1.54, 1.807) is 0 Å². The van der Waals surface area contributed by atoms with E-state index in [1.165, 1.54) is 0 Å². The summed E-state index contributed by atoms with van der Waals surface area (Å²) in [5.74, 6) is 0.633. The quantitative estimate of drug-likeness (QED) is 0.691. The SMILES string of the molecule is CCCOCCOc1ccc(C)cc1C#N. The van der Waals surface area contributed by atoms with Gasteiger partial charge < -0.3 is 9.47 Å². The van der Waals surface area contributed by atoms with Crippen molar-refractivity contribution >= 4 is 0 Å². The number of hydrogen-bond acceptors (Lipinski definition) is 3. The molecule has 0 heterocycles. The van der Waals surface area contributed by atoms with Gasteiger partial charge in [-0.25, -0.2) is 0 Å². The molecule has 1 rings (SSSR count). The lowest BCUT2D eigenvalue weighted by molar-refractivity contribution is 0.100. The van der Waals surface area contributed by atoms with Crippen LogP contribution in [0.3, 0.4) is 0 Å². The molecule has 0 bridgehead atoms. The molecule has 0 N–H and O–H groups in total. The molecule has 3 heteroatoms. The summed E-state index contributed by atoms with van der Waals surface area (Å²) in [6.45, 7) is 5.82. The van der Waals surface area contributed by atoms with Crippen LogP contribution in [0.25, 0.3) is 0 Å². The molecule has 0 radical (unpaired) electrons. The molecule has 1 aromatic rings. The minimum Gasteiger partial charge on any atom is -0.490 e. The Morgan fingerprint density at radius 3 is 2.75 bits per heavy atom. The molecule has 0 saturated carbocycles. The molecule has 0 spiro atoms. The summed E-state index contributed by atoms with van der Waals surface area (Å²) in [6, 6.07) is 7.71. The van der Waals surface area contributed by atoms with Crippen LogP contribution in [0.2, 0.25) is 0 Å². The van der Waals surface area contributed by atoms with E-state index in [1.807, 2.05) is 25.1 Å². The number of benzene rings is 1. The third-order valence-corrected chi connectivity index (χ3v) is 2.09. The van der Waals surface area contributed by atoms with Crippen molar-refractivity contribution in [2.24, 2.45) is 0 Å². The van der Waals surface area contributed by atoms with Crippen molar-refractivity contribution in [2.45, 2.75) is 20.3 Å². The van der Waals surface area contributed by atoms with Crippen LogP contribution < -0.4 is 4.74 Å². The van der Waals surface area contributed by atoms with Gasteiger partial charge in [0.1, 0.15) is 18.4 Å². The van der Waals surface area contributed by atoms with Crippen LogP contribution in [-0.2, 0) is 4.74 Å². The van der Waals surface area contributed by atoms with E-state index < -0.39 is 0 Å². The maximum Gasteiger partial charge on any atom is 0.137 e. The van der Waals surface area contributed by atoms with Crippen molar-refractivity contribution in [2.75, 3.05) is 19.8 Å². The predicted molar refractivity (Wildman–Crippen MR) is 62.5 cm³/mol. The zero-order chi connectivity index (χ0) is 11.8. The summed E-state index contributed by atoms with van der Waals surface area (Å²) in [4.78, 5) is 0. The summed E-state index contributed by atoms with van der Waals surface area (Å²) in [5, 5.41) is 8.92. The molecule has 0 aliphatic heterocycles. The van der Waals surface area contributed by atoms with Crippen LogP contribution in [-0.4, -0.2) is 19.8 Å². The molecule has 0 saturated heterocycles. The minimum absolute atomic E-state index is 0.484. The molecule has 0 amide bonds. The van der Waals surface area contributed by atoms with Crippen molar-refractivity contribution in [3.8, 4) is 11.8 Å². The number of hydrogen-bond donors (Lipinski definition) is 0. The fourth-order valence-electron chi connectivity index (χ4n) is 1.31. The summed E-state index contributed by atoms with van der Waals surface area (Å²) < 4.78 is 10.8. The molecule has 1 aromatic carbocycles. The monoisotopic (exact) mass is 219 g/mol. The molecule has 0 aliphatic carbocycles. The third-order valence-electron chi connectivity index (χ3n) is 2.09. The molecule has 16 heavy (non-hydrogen) atoms. The van der Waals surface area contributed by atoms with Gasteiger partial charge in [-0.15, -0.1) is 0 Å². The molecule has 0 aliphatic rings. The Morgan fingerprint density at radius 2 is 2.06 bits per heavy atom. The Bertz CT molecular complexity index is 369. The first-order valence-electron chi connectivity index (χ1n) is 5.49. The minimum atomic E-state index is 0.484. The van der Waals surface area contributed by atoms with Gasteiger partial charge in [-0.1, -0.05) is 13.0 Å². The smallest absolute Gasteiger partial charge is 0.137 e. The number of nitriles is 1. The van der Waals surface area contributed by atoms with E-state index in [9.17, 15) is 0 Å². The largest absolute Gasteiger partial charge is 0.490 e. The first kappa shape index (κ1) is 12.5. The highest BCUT2D eigenvalue weighted by Crippen LogP contribution is 2.18.